The Kier molecular flexibility index (Phi) is 4.11. The number of hydrogen-bond acceptors (Lipinski definition) is 7. The first kappa shape index (κ1) is 14.9. The number of methoxy groups -OCH3 is 1. The van der Waals surface area contributed by atoms with Gasteiger partial charge in [-0.25, -0.2) is 9.98 Å². The highest BCUT2D eigenvalue weighted by atomic mass is 31.2. The minimum Gasteiger partial charge on any atom is -0.480 e. The second kappa shape index (κ2) is 5.51. The molecule has 1 aliphatic heterocycles. The molecule has 6 N–H and O–H groups in total. The molecule has 0 radical (unpaired) electrons. The number of rotatable bonds is 5. The molecule has 10 nitrogen and oxygen atoms in total. The number of nitrogens with zero attached hydrogens (tertiary/aromatic N) is 2. The minimum atomic E-state index is -4.18. The van der Waals surface area contributed by atoms with Crippen molar-refractivity contribution < 1.29 is 23.8 Å². The summed E-state index contributed by atoms with van der Waals surface area (Å²) in [6.07, 6.45) is 1.01. The van der Waals surface area contributed by atoms with E-state index in [1.165, 1.54) is 13.4 Å². The Labute approximate surface area is 114 Å². The lowest BCUT2D eigenvalue weighted by Gasteiger charge is -2.30. The van der Waals surface area contributed by atoms with Crippen molar-refractivity contribution in [3.05, 3.63) is 12.0 Å². The van der Waals surface area contributed by atoms with Gasteiger partial charge in [0.2, 0.25) is 5.90 Å². The Balaban J connectivity index is 1.99. The fraction of sp³-hybridized carbons (Fsp3) is 0.556. The van der Waals surface area contributed by atoms with Crippen LogP contribution in [-0.2, 0) is 14.0 Å². The van der Waals surface area contributed by atoms with Crippen LogP contribution in [0.5, 0.6) is 0 Å². The molecule has 0 fully saturated rings. The van der Waals surface area contributed by atoms with E-state index in [2.05, 4.69) is 20.3 Å². The van der Waals surface area contributed by atoms with Gasteiger partial charge in [0.25, 0.3) is 0 Å². The van der Waals surface area contributed by atoms with Crippen molar-refractivity contribution in [1.82, 2.24) is 9.97 Å². The molecule has 2 rings (SSSR count). The molecule has 0 amide bonds. The summed E-state index contributed by atoms with van der Waals surface area (Å²) in [5.74, 6) is -0.411. The minimum absolute atomic E-state index is 0.0227. The van der Waals surface area contributed by atoms with E-state index >= 15 is 0 Å². The van der Waals surface area contributed by atoms with Crippen molar-refractivity contribution in [2.24, 2.45) is 10.7 Å². The van der Waals surface area contributed by atoms with Gasteiger partial charge >= 0.3 is 7.60 Å². The maximum atomic E-state index is 10.7. The largest absolute Gasteiger partial charge is 0.480 e. The van der Waals surface area contributed by atoms with E-state index in [-0.39, 0.29) is 13.0 Å². The number of fused-ring (bicyclic) bond motifs is 1. The second-order valence-electron chi connectivity index (χ2n) is 4.25. The summed E-state index contributed by atoms with van der Waals surface area (Å²) in [6.45, 7) is 0.0227. The molecule has 112 valence electrons. The quantitative estimate of drug-likeness (QED) is 0.356. The Hall–Kier alpha value is -1.45. The number of aliphatic imine (C=N–C) groups is 1. The van der Waals surface area contributed by atoms with Gasteiger partial charge in [-0.3, -0.25) is 10.3 Å². The Bertz CT molecular complexity index is 555. The summed E-state index contributed by atoms with van der Waals surface area (Å²) in [7, 11) is -2.72. The van der Waals surface area contributed by atoms with Gasteiger partial charge < -0.3 is 29.6 Å². The molecule has 20 heavy (non-hydrogen) atoms. The third-order valence-corrected chi connectivity index (χ3v) is 3.09. The lowest BCUT2D eigenvalue weighted by molar-refractivity contribution is 0.140. The van der Waals surface area contributed by atoms with E-state index in [0.717, 1.165) is 0 Å². The van der Waals surface area contributed by atoms with Crippen LogP contribution >= 0.6 is 7.60 Å². The standard InChI is InChI=1S/C9H16N5O5P/c1-18-8-6-7(12-4-11-6)13-9(10,14-8)2-3-19-5-20(15,16)17/h4,13H,2-3,5,10H2,1H3,(H,11,12)(H2,15,16,17). The Morgan fingerprint density at radius 2 is 2.30 bits per heavy atom. The van der Waals surface area contributed by atoms with Crippen molar-refractivity contribution >= 4 is 19.3 Å². The molecular formula is C9H16N5O5P. The fourth-order valence-electron chi connectivity index (χ4n) is 1.70. The van der Waals surface area contributed by atoms with Crippen LogP contribution in [0.2, 0.25) is 0 Å². The number of aromatic amines is 1. The van der Waals surface area contributed by atoms with Gasteiger partial charge in [0.05, 0.1) is 20.0 Å². The number of aromatic nitrogens is 2. The molecule has 0 aromatic carbocycles. The molecule has 1 atom stereocenters. The first-order valence-electron chi connectivity index (χ1n) is 5.70. The molecule has 11 heteroatoms. The van der Waals surface area contributed by atoms with E-state index in [4.69, 9.17) is 25.0 Å². The summed E-state index contributed by atoms with van der Waals surface area (Å²) in [4.78, 5) is 28.5. The highest BCUT2D eigenvalue weighted by Crippen LogP contribution is 2.34. The molecular weight excluding hydrogens is 289 g/mol. The molecule has 0 spiro atoms. The summed E-state index contributed by atoms with van der Waals surface area (Å²) in [5, 5.41) is 2.91. The molecule has 1 aliphatic rings. The maximum absolute atomic E-state index is 10.7. The maximum Gasteiger partial charge on any atom is 0.350 e. The molecule has 0 saturated carbocycles. The third kappa shape index (κ3) is 3.56. The van der Waals surface area contributed by atoms with Crippen LogP contribution in [0, 0.1) is 0 Å². The molecule has 0 aliphatic carbocycles. The number of hydrogen-bond donors (Lipinski definition) is 5. The van der Waals surface area contributed by atoms with E-state index < -0.39 is 19.7 Å². The average molecular weight is 305 g/mol. The summed E-state index contributed by atoms with van der Waals surface area (Å²) >= 11 is 0. The predicted molar refractivity (Wildman–Crippen MR) is 70.2 cm³/mol. The van der Waals surface area contributed by atoms with Crippen LogP contribution in [0.15, 0.2) is 11.3 Å². The van der Waals surface area contributed by atoms with Gasteiger partial charge in [-0.15, -0.1) is 0 Å². The zero-order valence-corrected chi connectivity index (χ0v) is 11.6. The number of imidazole rings is 1. The highest BCUT2D eigenvalue weighted by Gasteiger charge is 2.33. The number of anilines is 1. The highest BCUT2D eigenvalue weighted by molar-refractivity contribution is 7.51. The summed E-state index contributed by atoms with van der Waals surface area (Å²) in [6, 6.07) is 0. The topological polar surface area (TPSA) is 155 Å². The molecule has 0 saturated heterocycles. The van der Waals surface area contributed by atoms with Crippen LogP contribution in [0.3, 0.4) is 0 Å². The fourth-order valence-corrected chi connectivity index (χ4v) is 2.07. The number of nitrogens with one attached hydrogen (secondary N) is 2. The first-order chi connectivity index (χ1) is 9.33. The third-order valence-electron chi connectivity index (χ3n) is 2.57. The predicted octanol–water partition coefficient (Wildman–Crippen LogP) is -0.617. The van der Waals surface area contributed by atoms with Crippen molar-refractivity contribution in [1.29, 1.82) is 0 Å². The van der Waals surface area contributed by atoms with Gasteiger partial charge in [0.15, 0.2) is 11.6 Å². The molecule has 0 bridgehead atoms. The van der Waals surface area contributed by atoms with Crippen LogP contribution in [0.4, 0.5) is 5.82 Å². The Morgan fingerprint density at radius 1 is 1.55 bits per heavy atom. The van der Waals surface area contributed by atoms with Crippen LogP contribution in [0.25, 0.3) is 0 Å². The monoisotopic (exact) mass is 305 g/mol. The van der Waals surface area contributed by atoms with Crippen molar-refractivity contribution in [2.45, 2.75) is 12.2 Å². The average Bonchev–Trinajstić information content (AvgIpc) is 2.80. The van der Waals surface area contributed by atoms with Crippen molar-refractivity contribution in [3.63, 3.8) is 0 Å². The second-order valence-corrected chi connectivity index (χ2v) is 5.84. The SMILES string of the molecule is COC1=NC(N)(CCOCP(=O)(O)O)Nc2nc[nH]c21. The lowest BCUT2D eigenvalue weighted by Crippen LogP contribution is -2.50. The van der Waals surface area contributed by atoms with E-state index in [0.29, 0.717) is 17.4 Å². The van der Waals surface area contributed by atoms with Crippen LogP contribution < -0.4 is 11.1 Å². The van der Waals surface area contributed by atoms with Gasteiger partial charge in [-0.05, 0) is 0 Å². The van der Waals surface area contributed by atoms with Gasteiger partial charge in [-0.2, -0.15) is 0 Å². The van der Waals surface area contributed by atoms with Crippen LogP contribution in [0.1, 0.15) is 12.1 Å². The summed E-state index contributed by atoms with van der Waals surface area (Å²) in [5.41, 5.74) is 6.63. The number of nitrogens with two attached hydrogens (primary N) is 1. The Morgan fingerprint density at radius 3 is 2.95 bits per heavy atom. The van der Waals surface area contributed by atoms with Gasteiger partial charge in [0, 0.05) is 6.42 Å². The zero-order valence-electron chi connectivity index (χ0n) is 10.7. The van der Waals surface area contributed by atoms with Gasteiger partial charge in [-0.1, -0.05) is 0 Å². The van der Waals surface area contributed by atoms with E-state index in [9.17, 15) is 4.57 Å². The normalized spacial score (nSPS) is 21.9. The van der Waals surface area contributed by atoms with E-state index in [1.807, 2.05) is 0 Å². The molecule has 1 aromatic rings. The van der Waals surface area contributed by atoms with E-state index in [1.54, 1.807) is 0 Å². The zero-order chi connectivity index (χ0) is 14.8. The number of H-pyrrole nitrogens is 1. The first-order valence-corrected chi connectivity index (χ1v) is 7.50. The molecule has 2 heterocycles. The molecule has 1 unspecified atom stereocenters. The summed E-state index contributed by atoms with van der Waals surface area (Å²) < 4.78 is 20.7. The molecule has 1 aromatic heterocycles. The van der Waals surface area contributed by atoms with Crippen molar-refractivity contribution in [3.8, 4) is 0 Å². The smallest absolute Gasteiger partial charge is 0.350 e. The number of ether oxygens (including phenoxy) is 2. The van der Waals surface area contributed by atoms with Crippen LogP contribution in [-0.4, -0.2) is 51.5 Å². The lowest BCUT2D eigenvalue weighted by atomic mass is 10.2. The van der Waals surface area contributed by atoms with Crippen molar-refractivity contribution in [2.75, 3.05) is 25.4 Å². The van der Waals surface area contributed by atoms with Gasteiger partial charge in [0.1, 0.15) is 12.0 Å².